The first kappa shape index (κ1) is 10.1. The van der Waals surface area contributed by atoms with Gasteiger partial charge in [0.25, 0.3) is 0 Å². The molecule has 1 aromatic rings. The van der Waals surface area contributed by atoms with Gasteiger partial charge in [0, 0.05) is 6.54 Å². The van der Waals surface area contributed by atoms with Gasteiger partial charge >= 0.3 is 0 Å². The topological polar surface area (TPSA) is 32.3 Å². The molecular formula is C9H11F2NO. The summed E-state index contributed by atoms with van der Waals surface area (Å²) in [5, 5.41) is 11.0. The van der Waals surface area contributed by atoms with Crippen LogP contribution < -0.4 is 5.32 Å². The maximum atomic E-state index is 12.9. The van der Waals surface area contributed by atoms with Crippen molar-refractivity contribution >= 4 is 0 Å². The molecule has 0 radical (unpaired) electrons. The van der Waals surface area contributed by atoms with Crippen LogP contribution in [0.3, 0.4) is 0 Å². The van der Waals surface area contributed by atoms with Gasteiger partial charge < -0.3 is 5.11 Å². The number of rotatable bonds is 4. The van der Waals surface area contributed by atoms with Crippen molar-refractivity contribution in [2.45, 2.75) is 6.42 Å². The Morgan fingerprint density at radius 1 is 1.31 bits per heavy atom. The molecule has 0 saturated carbocycles. The van der Waals surface area contributed by atoms with Crippen molar-refractivity contribution in [2.24, 2.45) is 0 Å². The quantitative estimate of drug-likeness (QED) is 0.545. The smallest absolute Gasteiger partial charge is 0.126 e. The standard InChI is InChI=1S/C9H11F2NO/c10-8-1-2-9(11)7(5-8)3-4-12-6-13/h1-2,5,12-13H,3-4,6H2. The van der Waals surface area contributed by atoms with Gasteiger partial charge in [0.2, 0.25) is 0 Å². The molecule has 2 nitrogen and oxygen atoms in total. The van der Waals surface area contributed by atoms with Gasteiger partial charge in [-0.3, -0.25) is 5.32 Å². The highest BCUT2D eigenvalue weighted by atomic mass is 19.1. The average molecular weight is 187 g/mol. The maximum Gasteiger partial charge on any atom is 0.126 e. The van der Waals surface area contributed by atoms with Crippen LogP contribution in [-0.2, 0) is 6.42 Å². The van der Waals surface area contributed by atoms with Crippen LogP contribution in [0.1, 0.15) is 5.56 Å². The van der Waals surface area contributed by atoms with Crippen molar-refractivity contribution in [2.75, 3.05) is 13.3 Å². The van der Waals surface area contributed by atoms with Gasteiger partial charge in [0.05, 0.1) is 6.73 Å². The van der Waals surface area contributed by atoms with Crippen LogP contribution in [-0.4, -0.2) is 18.4 Å². The summed E-state index contributed by atoms with van der Waals surface area (Å²) in [6.45, 7) is 0.272. The molecule has 1 aromatic carbocycles. The highest BCUT2D eigenvalue weighted by Crippen LogP contribution is 2.09. The molecule has 0 fully saturated rings. The zero-order valence-corrected chi connectivity index (χ0v) is 7.06. The Hall–Kier alpha value is -1.00. The molecule has 0 aromatic heterocycles. The molecule has 0 heterocycles. The summed E-state index contributed by atoms with van der Waals surface area (Å²) in [6, 6.07) is 3.34. The first-order chi connectivity index (χ1) is 6.24. The molecule has 0 bridgehead atoms. The number of halogens is 2. The van der Waals surface area contributed by atoms with Gasteiger partial charge in [-0.2, -0.15) is 0 Å². The Balaban J connectivity index is 2.59. The Bertz CT molecular complexity index is 278. The van der Waals surface area contributed by atoms with E-state index < -0.39 is 11.6 Å². The molecule has 2 N–H and O–H groups in total. The molecule has 0 aliphatic heterocycles. The van der Waals surface area contributed by atoms with E-state index in [0.717, 1.165) is 18.2 Å². The Morgan fingerprint density at radius 2 is 2.08 bits per heavy atom. The normalized spacial score (nSPS) is 10.4. The molecule has 0 unspecified atom stereocenters. The summed E-state index contributed by atoms with van der Waals surface area (Å²) in [4.78, 5) is 0. The Kier molecular flexibility index (Phi) is 3.79. The van der Waals surface area contributed by atoms with Crippen LogP contribution >= 0.6 is 0 Å². The van der Waals surface area contributed by atoms with Gasteiger partial charge in [-0.1, -0.05) is 0 Å². The summed E-state index contributed by atoms with van der Waals surface area (Å²) in [5.74, 6) is -0.860. The molecule has 0 atom stereocenters. The fourth-order valence-corrected chi connectivity index (χ4v) is 1.04. The predicted molar refractivity (Wildman–Crippen MR) is 45.2 cm³/mol. The minimum absolute atomic E-state index is 0.156. The van der Waals surface area contributed by atoms with Crippen LogP contribution in [0.5, 0.6) is 0 Å². The number of benzene rings is 1. The molecular weight excluding hydrogens is 176 g/mol. The second-order valence-corrected chi connectivity index (χ2v) is 2.64. The Morgan fingerprint density at radius 3 is 2.77 bits per heavy atom. The van der Waals surface area contributed by atoms with Gasteiger partial charge in [0.15, 0.2) is 0 Å². The molecule has 72 valence electrons. The van der Waals surface area contributed by atoms with Crippen LogP contribution in [0.2, 0.25) is 0 Å². The molecule has 0 saturated heterocycles. The number of aliphatic hydroxyl groups is 1. The van der Waals surface area contributed by atoms with Crippen molar-refractivity contribution in [3.05, 3.63) is 35.4 Å². The third-order valence-corrected chi connectivity index (χ3v) is 1.69. The third kappa shape index (κ3) is 3.08. The van der Waals surface area contributed by atoms with Crippen LogP contribution in [0.4, 0.5) is 8.78 Å². The highest BCUT2D eigenvalue weighted by molar-refractivity contribution is 5.18. The molecule has 0 amide bonds. The monoisotopic (exact) mass is 187 g/mol. The van der Waals surface area contributed by atoms with E-state index >= 15 is 0 Å². The second-order valence-electron chi connectivity index (χ2n) is 2.64. The lowest BCUT2D eigenvalue weighted by Crippen LogP contribution is -2.18. The van der Waals surface area contributed by atoms with Gasteiger partial charge in [-0.25, -0.2) is 8.78 Å². The van der Waals surface area contributed by atoms with E-state index in [1.54, 1.807) is 0 Å². The predicted octanol–water partition coefficient (Wildman–Crippen LogP) is 1.05. The van der Waals surface area contributed by atoms with E-state index in [9.17, 15) is 8.78 Å². The molecule has 4 heteroatoms. The largest absolute Gasteiger partial charge is 0.381 e. The van der Waals surface area contributed by atoms with Crippen molar-refractivity contribution < 1.29 is 13.9 Å². The summed E-state index contributed by atoms with van der Waals surface area (Å²) < 4.78 is 25.6. The molecule has 0 aliphatic rings. The number of hydrogen-bond donors (Lipinski definition) is 2. The van der Waals surface area contributed by atoms with Crippen molar-refractivity contribution in [3.8, 4) is 0 Å². The summed E-state index contributed by atoms with van der Waals surface area (Å²) >= 11 is 0. The van der Waals surface area contributed by atoms with Crippen LogP contribution in [0, 0.1) is 11.6 Å². The fourth-order valence-electron chi connectivity index (χ4n) is 1.04. The third-order valence-electron chi connectivity index (χ3n) is 1.69. The van der Waals surface area contributed by atoms with E-state index in [0.29, 0.717) is 18.5 Å². The minimum Gasteiger partial charge on any atom is -0.381 e. The van der Waals surface area contributed by atoms with E-state index in [1.807, 2.05) is 0 Å². The van der Waals surface area contributed by atoms with Crippen molar-refractivity contribution in [1.82, 2.24) is 5.32 Å². The molecule has 1 rings (SSSR count). The lowest BCUT2D eigenvalue weighted by Gasteiger charge is -2.03. The maximum absolute atomic E-state index is 12.9. The van der Waals surface area contributed by atoms with Gasteiger partial charge in [-0.15, -0.1) is 0 Å². The lowest BCUT2D eigenvalue weighted by molar-refractivity contribution is 0.262. The van der Waals surface area contributed by atoms with Crippen LogP contribution in [0.25, 0.3) is 0 Å². The first-order valence-corrected chi connectivity index (χ1v) is 3.99. The van der Waals surface area contributed by atoms with Gasteiger partial charge in [0.1, 0.15) is 11.6 Å². The zero-order chi connectivity index (χ0) is 9.68. The number of nitrogens with one attached hydrogen (secondary N) is 1. The van der Waals surface area contributed by atoms with Crippen molar-refractivity contribution in [3.63, 3.8) is 0 Å². The average Bonchev–Trinajstić information content (AvgIpc) is 2.11. The molecule has 13 heavy (non-hydrogen) atoms. The minimum atomic E-state index is -0.444. The molecule has 0 spiro atoms. The van der Waals surface area contributed by atoms with E-state index in [1.165, 1.54) is 0 Å². The highest BCUT2D eigenvalue weighted by Gasteiger charge is 2.02. The Labute approximate surface area is 75.2 Å². The van der Waals surface area contributed by atoms with Crippen molar-refractivity contribution in [1.29, 1.82) is 0 Å². The van der Waals surface area contributed by atoms with E-state index in [4.69, 9.17) is 5.11 Å². The SMILES string of the molecule is OCNCCc1cc(F)ccc1F. The summed E-state index contributed by atoms with van der Waals surface area (Å²) in [6.07, 6.45) is 0.365. The summed E-state index contributed by atoms with van der Waals surface area (Å²) in [5.41, 5.74) is 0.320. The first-order valence-electron chi connectivity index (χ1n) is 3.99. The number of hydrogen-bond acceptors (Lipinski definition) is 2. The summed E-state index contributed by atoms with van der Waals surface area (Å²) in [7, 11) is 0. The van der Waals surface area contributed by atoms with Gasteiger partial charge in [-0.05, 0) is 30.2 Å². The fraction of sp³-hybridized carbons (Fsp3) is 0.333. The lowest BCUT2D eigenvalue weighted by atomic mass is 10.1. The molecule has 0 aliphatic carbocycles. The second kappa shape index (κ2) is 4.89. The number of aliphatic hydroxyl groups excluding tert-OH is 1. The zero-order valence-electron chi connectivity index (χ0n) is 7.06. The van der Waals surface area contributed by atoms with E-state index in [2.05, 4.69) is 5.32 Å². The van der Waals surface area contributed by atoms with Crippen LogP contribution in [0.15, 0.2) is 18.2 Å². The van der Waals surface area contributed by atoms with E-state index in [-0.39, 0.29) is 6.73 Å².